The van der Waals surface area contributed by atoms with Gasteiger partial charge in [-0.3, -0.25) is 14.4 Å². The average molecular weight is 627 g/mol. The Morgan fingerprint density at radius 2 is 1.80 bits per heavy atom. The van der Waals surface area contributed by atoms with Crippen LogP contribution in [0.2, 0.25) is 0 Å². The Labute approximate surface area is 262 Å². The van der Waals surface area contributed by atoms with E-state index < -0.39 is 87.6 Å². The maximum absolute atomic E-state index is 14.8. The number of rotatable bonds is 6. The molecule has 4 aliphatic rings. The quantitative estimate of drug-likeness (QED) is 0.209. The molecule has 0 radical (unpaired) electrons. The molecule has 0 amide bonds. The van der Waals surface area contributed by atoms with Gasteiger partial charge in [-0.25, -0.2) is 9.59 Å². The van der Waals surface area contributed by atoms with Crippen LogP contribution in [0, 0.1) is 34.0 Å². The van der Waals surface area contributed by atoms with Crippen LogP contribution in [-0.2, 0) is 42.9 Å². The zero-order chi connectivity index (χ0) is 33.3. The predicted octanol–water partition coefficient (Wildman–Crippen LogP) is 4.19. The van der Waals surface area contributed by atoms with E-state index in [2.05, 4.69) is 0 Å². The summed E-state index contributed by atoms with van der Waals surface area (Å²) in [6.07, 6.45) is 3.35. The number of cyclic esters (lactones) is 1. The van der Waals surface area contributed by atoms with E-state index in [0.29, 0.717) is 24.0 Å². The van der Waals surface area contributed by atoms with Gasteiger partial charge in [-0.1, -0.05) is 39.3 Å². The maximum Gasteiger partial charge on any atom is 0.347 e. The molecule has 45 heavy (non-hydrogen) atoms. The number of esters is 4. The molecule has 1 aromatic rings. The van der Waals surface area contributed by atoms with Crippen molar-refractivity contribution in [2.45, 2.75) is 91.6 Å². The molecule has 2 saturated carbocycles. The number of ether oxygens (including phenoxy) is 4. The Bertz CT molecular complexity index is 1480. The number of aliphatic hydroxyl groups is 1. The molecule has 2 heterocycles. The number of carbonyl (C=O) groups excluding carboxylic acids is 5. The monoisotopic (exact) mass is 626 g/mol. The van der Waals surface area contributed by atoms with Crippen LogP contribution in [0.4, 0.5) is 0 Å². The lowest BCUT2D eigenvalue weighted by Crippen LogP contribution is -2.76. The highest BCUT2D eigenvalue weighted by Crippen LogP contribution is 2.69. The van der Waals surface area contributed by atoms with Gasteiger partial charge in [0.25, 0.3) is 0 Å². The van der Waals surface area contributed by atoms with Crippen LogP contribution in [0.5, 0.6) is 0 Å². The number of ketones is 1. The van der Waals surface area contributed by atoms with E-state index in [-0.39, 0.29) is 12.0 Å². The molecule has 0 aromatic carbocycles. The van der Waals surface area contributed by atoms with Crippen molar-refractivity contribution in [1.29, 1.82) is 0 Å². The topological polar surface area (TPSA) is 156 Å². The molecule has 5 rings (SSSR count). The van der Waals surface area contributed by atoms with Gasteiger partial charge in [0.05, 0.1) is 26.1 Å². The van der Waals surface area contributed by atoms with E-state index in [0.717, 1.165) is 14.0 Å². The molecule has 11 nitrogen and oxygen atoms in total. The van der Waals surface area contributed by atoms with Gasteiger partial charge in [-0.15, -0.1) is 0 Å². The summed E-state index contributed by atoms with van der Waals surface area (Å²) in [6, 6.07) is 1.75. The highest BCUT2D eigenvalue weighted by Gasteiger charge is 2.76. The van der Waals surface area contributed by atoms with Gasteiger partial charge in [0.1, 0.15) is 12.2 Å². The number of hydrogen-bond acceptors (Lipinski definition) is 11. The fraction of sp³-hybridized carbons (Fsp3) is 0.618. The Morgan fingerprint density at radius 1 is 1.11 bits per heavy atom. The molecule has 1 N–H and O–H groups in total. The number of carbonyl (C=O) groups is 5. The highest BCUT2D eigenvalue weighted by atomic mass is 16.6. The summed E-state index contributed by atoms with van der Waals surface area (Å²) >= 11 is 0. The lowest BCUT2D eigenvalue weighted by Gasteiger charge is -2.66. The van der Waals surface area contributed by atoms with Gasteiger partial charge < -0.3 is 28.5 Å². The molecule has 1 aromatic heterocycles. The van der Waals surface area contributed by atoms with Gasteiger partial charge >= 0.3 is 23.9 Å². The molecule has 3 fully saturated rings. The van der Waals surface area contributed by atoms with Crippen LogP contribution in [0.15, 0.2) is 46.3 Å². The first-order valence-electron chi connectivity index (χ1n) is 15.3. The van der Waals surface area contributed by atoms with Crippen molar-refractivity contribution in [2.75, 3.05) is 7.11 Å². The minimum atomic E-state index is -2.33. The van der Waals surface area contributed by atoms with Crippen molar-refractivity contribution in [1.82, 2.24) is 0 Å². The second-order valence-corrected chi connectivity index (χ2v) is 14.0. The zero-order valence-electron chi connectivity index (χ0n) is 27.0. The van der Waals surface area contributed by atoms with Gasteiger partial charge in [-0.05, 0) is 50.7 Å². The Balaban J connectivity index is 1.76. The third kappa shape index (κ3) is 4.68. The first-order chi connectivity index (χ1) is 21.0. The number of Topliss-reactive ketones (excluding diaryl/α,β-unsaturated/α-hetero) is 1. The van der Waals surface area contributed by atoms with Crippen LogP contribution < -0.4 is 0 Å². The van der Waals surface area contributed by atoms with Crippen LogP contribution in [0.1, 0.15) is 79.4 Å². The smallest absolute Gasteiger partial charge is 0.347 e. The van der Waals surface area contributed by atoms with Crippen LogP contribution in [0.3, 0.4) is 0 Å². The van der Waals surface area contributed by atoms with Crippen molar-refractivity contribution >= 4 is 29.7 Å². The summed E-state index contributed by atoms with van der Waals surface area (Å²) in [6.45, 7) is 11.4. The Morgan fingerprint density at radius 3 is 2.38 bits per heavy atom. The second-order valence-electron chi connectivity index (χ2n) is 14.0. The van der Waals surface area contributed by atoms with E-state index in [1.165, 1.54) is 18.6 Å². The van der Waals surface area contributed by atoms with E-state index in [4.69, 9.17) is 23.4 Å². The van der Waals surface area contributed by atoms with Gasteiger partial charge in [-0.2, -0.15) is 0 Å². The molecule has 9 atom stereocenters. The second kappa shape index (κ2) is 11.0. The maximum atomic E-state index is 14.8. The minimum Gasteiger partial charge on any atom is -0.472 e. The van der Waals surface area contributed by atoms with Gasteiger partial charge in [0.2, 0.25) is 6.10 Å². The summed E-state index contributed by atoms with van der Waals surface area (Å²) in [5, 5.41) is 12.6. The Hall–Kier alpha value is -3.73. The zero-order valence-corrected chi connectivity index (χ0v) is 27.0. The molecular formula is C34H42O11. The summed E-state index contributed by atoms with van der Waals surface area (Å²) in [5.41, 5.74) is -4.20. The summed E-state index contributed by atoms with van der Waals surface area (Å²) < 4.78 is 27.9. The van der Waals surface area contributed by atoms with Crippen molar-refractivity contribution in [3.8, 4) is 0 Å². The standard InChI is InChI=1S/C34H42O11/c1-9-17(2)27(37)45-30-31(4,5)25(24(28(38)41-8)43-18(3)35)33(7)21-10-12-32(6)22(20(21)15-34(30,40)29(33)39)14-23(36)44-26(32)19-11-13-42-16-19/h9,11,13,15-16,21-22,24-26,30,40H,10,12,14H2,1-8H3/b17-9+/t21-,22-,24-,25-,26-,30-,32+,33+,34-/m0/s1. The fourth-order valence-corrected chi connectivity index (χ4v) is 9.06. The first-order valence-corrected chi connectivity index (χ1v) is 15.3. The molecule has 3 aliphatic carbocycles. The average Bonchev–Trinajstić information content (AvgIpc) is 3.51. The van der Waals surface area contributed by atoms with E-state index in [9.17, 15) is 29.1 Å². The fourth-order valence-electron chi connectivity index (χ4n) is 9.06. The third-order valence-corrected chi connectivity index (χ3v) is 11.1. The van der Waals surface area contributed by atoms with Crippen LogP contribution >= 0.6 is 0 Å². The van der Waals surface area contributed by atoms with Gasteiger partial charge in [0.15, 0.2) is 11.4 Å². The van der Waals surface area contributed by atoms with Crippen LogP contribution in [-0.4, -0.2) is 59.7 Å². The predicted molar refractivity (Wildman–Crippen MR) is 157 cm³/mol. The van der Waals surface area contributed by atoms with Crippen molar-refractivity contribution in [2.24, 2.45) is 34.0 Å². The molecule has 11 heteroatoms. The van der Waals surface area contributed by atoms with Crippen molar-refractivity contribution < 1.29 is 52.4 Å². The molecule has 0 spiro atoms. The van der Waals surface area contributed by atoms with Gasteiger partial charge in [0, 0.05) is 40.2 Å². The number of methoxy groups -OCH3 is 1. The third-order valence-electron chi connectivity index (χ3n) is 11.1. The molecule has 244 valence electrons. The minimum absolute atomic E-state index is 0.00585. The first kappa shape index (κ1) is 32.7. The molecule has 1 saturated heterocycles. The molecule has 2 bridgehead atoms. The number of fused-ring (bicyclic) bond motifs is 6. The van der Waals surface area contributed by atoms with Crippen molar-refractivity contribution in [3.63, 3.8) is 0 Å². The summed E-state index contributed by atoms with van der Waals surface area (Å²) in [5.74, 6) is -5.63. The lowest BCUT2D eigenvalue weighted by atomic mass is 9.39. The normalized spacial score (nSPS) is 37.7. The largest absolute Gasteiger partial charge is 0.472 e. The van der Waals surface area contributed by atoms with E-state index in [1.807, 2.05) is 6.92 Å². The number of allylic oxidation sites excluding steroid dienone is 2. The molecular weight excluding hydrogens is 584 g/mol. The number of furan rings is 1. The molecule has 0 unspecified atom stereocenters. The SMILES string of the molecule is C/C=C(\C)C(=O)O[C@H]1C(C)(C)[C@H]([C@H](OC(C)=O)C(=O)OC)[C@]2(C)C(=O)[C@@]1(O)C=C1[C@@H]3CC(=O)O[C@@H](c4ccoc4)[C@]3(C)CC[C@@H]12. The highest BCUT2D eigenvalue weighted by molar-refractivity contribution is 6.00. The summed E-state index contributed by atoms with van der Waals surface area (Å²) in [4.78, 5) is 67.0. The summed E-state index contributed by atoms with van der Waals surface area (Å²) in [7, 11) is 1.16. The Kier molecular flexibility index (Phi) is 7.95. The lowest BCUT2D eigenvalue weighted by molar-refractivity contribution is -0.238. The molecule has 1 aliphatic heterocycles. The van der Waals surface area contributed by atoms with E-state index >= 15 is 0 Å². The number of hydrogen-bond donors (Lipinski definition) is 1. The van der Waals surface area contributed by atoms with Crippen molar-refractivity contribution in [3.05, 3.63) is 47.5 Å². The van der Waals surface area contributed by atoms with Crippen LogP contribution in [0.25, 0.3) is 0 Å². The van der Waals surface area contributed by atoms with E-state index in [1.54, 1.807) is 46.8 Å².